The number of Topliss-reactive ketones (excluding diaryl/α,β-unsaturated/α-hetero) is 1. The van der Waals surface area contributed by atoms with Crippen molar-refractivity contribution in [2.45, 2.75) is 16.1 Å². The molecule has 0 spiro atoms. The number of aliphatic hydroxyl groups is 1. The number of non-ortho nitro benzene ring substituents is 1. The summed E-state index contributed by atoms with van der Waals surface area (Å²) in [7, 11) is 0. The Hall–Kier alpha value is -4.75. The highest BCUT2D eigenvalue weighted by Crippen LogP contribution is 2.45. The number of benzene rings is 3. The fourth-order valence-corrected chi connectivity index (χ4v) is 6.37. The van der Waals surface area contributed by atoms with E-state index in [9.17, 15) is 24.8 Å². The van der Waals surface area contributed by atoms with Crippen molar-refractivity contribution in [1.82, 2.24) is 10.2 Å². The first-order valence-electron chi connectivity index (χ1n) is 12.4. The first-order valence-corrected chi connectivity index (χ1v) is 14.2. The summed E-state index contributed by atoms with van der Waals surface area (Å²) in [6, 6.07) is 18.8. The van der Waals surface area contributed by atoms with E-state index in [0.717, 1.165) is 16.9 Å². The van der Waals surface area contributed by atoms with Gasteiger partial charge in [0.2, 0.25) is 5.13 Å². The topological polar surface area (TPSA) is 145 Å². The summed E-state index contributed by atoms with van der Waals surface area (Å²) >= 11 is 2.57. The number of thioether (sulfide) groups is 1. The quantitative estimate of drug-likeness (QED) is 0.0586. The average molecular weight is 589 g/mol. The second kappa shape index (κ2) is 11.0. The Labute approximate surface area is 241 Å². The lowest BCUT2D eigenvalue weighted by atomic mass is 9.95. The van der Waals surface area contributed by atoms with Crippen molar-refractivity contribution >= 4 is 51.4 Å². The lowest BCUT2D eigenvalue weighted by Gasteiger charge is -2.23. The van der Waals surface area contributed by atoms with Gasteiger partial charge in [-0.2, -0.15) is 0 Å². The van der Waals surface area contributed by atoms with Crippen molar-refractivity contribution in [2.75, 3.05) is 18.1 Å². The number of nitro groups is 1. The fraction of sp³-hybridized carbons (Fsp3) is 0.143. The maximum Gasteiger partial charge on any atom is 0.301 e. The lowest BCUT2D eigenvalue weighted by Crippen LogP contribution is -2.29. The van der Waals surface area contributed by atoms with E-state index in [1.54, 1.807) is 12.1 Å². The Morgan fingerprint density at radius 2 is 1.76 bits per heavy atom. The molecule has 2 aliphatic heterocycles. The van der Waals surface area contributed by atoms with Crippen LogP contribution in [-0.2, 0) is 15.3 Å². The van der Waals surface area contributed by atoms with E-state index in [0.29, 0.717) is 40.4 Å². The molecule has 2 aliphatic rings. The number of anilines is 1. The molecule has 41 heavy (non-hydrogen) atoms. The van der Waals surface area contributed by atoms with Gasteiger partial charge in [-0.1, -0.05) is 53.4 Å². The number of hydrogen-bond donors (Lipinski definition) is 1. The molecule has 3 aromatic carbocycles. The van der Waals surface area contributed by atoms with Crippen LogP contribution in [-0.4, -0.2) is 45.1 Å². The summed E-state index contributed by atoms with van der Waals surface area (Å²) < 4.78 is 11.7. The van der Waals surface area contributed by atoms with Crippen LogP contribution in [0.5, 0.6) is 11.5 Å². The molecule has 1 saturated heterocycles. The molecule has 1 amide bonds. The van der Waals surface area contributed by atoms with Crippen molar-refractivity contribution in [3.63, 3.8) is 0 Å². The molecule has 1 N–H and O–H groups in total. The maximum atomic E-state index is 13.4. The van der Waals surface area contributed by atoms with Crippen LogP contribution in [0.3, 0.4) is 0 Å². The maximum absolute atomic E-state index is 13.4. The molecule has 0 radical (unpaired) electrons. The Balaban J connectivity index is 1.41. The normalized spacial score (nSPS) is 17.6. The highest BCUT2D eigenvalue weighted by molar-refractivity contribution is 8.00. The average Bonchev–Trinajstić information content (AvgIpc) is 3.57. The molecule has 0 bridgehead atoms. The molecule has 4 aromatic rings. The van der Waals surface area contributed by atoms with Crippen LogP contribution in [0.25, 0.3) is 5.76 Å². The van der Waals surface area contributed by atoms with Crippen molar-refractivity contribution < 1.29 is 29.1 Å². The molecule has 1 unspecified atom stereocenters. The number of nitro benzene ring substituents is 1. The van der Waals surface area contributed by atoms with Crippen LogP contribution in [0.1, 0.15) is 22.7 Å². The minimum absolute atomic E-state index is 0.159. The van der Waals surface area contributed by atoms with Crippen molar-refractivity contribution in [1.29, 1.82) is 0 Å². The summed E-state index contributed by atoms with van der Waals surface area (Å²) in [5, 5.41) is 31.2. The van der Waals surface area contributed by atoms with E-state index in [1.807, 2.05) is 30.3 Å². The van der Waals surface area contributed by atoms with Crippen LogP contribution in [0, 0.1) is 10.1 Å². The molecule has 0 aliphatic carbocycles. The van der Waals surface area contributed by atoms with E-state index >= 15 is 0 Å². The largest absolute Gasteiger partial charge is 0.507 e. The van der Waals surface area contributed by atoms with Gasteiger partial charge < -0.3 is 14.6 Å². The third-order valence-electron chi connectivity index (χ3n) is 6.49. The number of rotatable bonds is 7. The molecular weight excluding hydrogens is 568 g/mol. The monoisotopic (exact) mass is 588 g/mol. The predicted molar refractivity (Wildman–Crippen MR) is 151 cm³/mol. The Kier molecular flexibility index (Phi) is 7.12. The highest BCUT2D eigenvalue weighted by Gasteiger charge is 2.48. The van der Waals surface area contributed by atoms with Crippen LogP contribution in [0.4, 0.5) is 10.8 Å². The number of ether oxygens (including phenoxy) is 2. The van der Waals surface area contributed by atoms with Crippen LogP contribution in [0.15, 0.2) is 82.7 Å². The minimum Gasteiger partial charge on any atom is -0.507 e. The number of fused-ring (bicyclic) bond motifs is 1. The number of aromatic nitrogens is 2. The first kappa shape index (κ1) is 26.5. The van der Waals surface area contributed by atoms with E-state index in [2.05, 4.69) is 10.2 Å². The summed E-state index contributed by atoms with van der Waals surface area (Å²) in [5.41, 5.74) is 1.36. The summed E-state index contributed by atoms with van der Waals surface area (Å²) in [4.78, 5) is 38.8. The number of nitrogens with zero attached hydrogens (tertiary/aromatic N) is 4. The molecule has 0 saturated carbocycles. The molecule has 1 aromatic heterocycles. The summed E-state index contributed by atoms with van der Waals surface area (Å²) in [6.07, 6.45) is 0. The number of ketones is 1. The third-order valence-corrected chi connectivity index (χ3v) is 8.61. The zero-order valence-electron chi connectivity index (χ0n) is 21.1. The molecule has 1 atom stereocenters. The zero-order valence-corrected chi connectivity index (χ0v) is 22.8. The van der Waals surface area contributed by atoms with E-state index in [-0.39, 0.29) is 22.0 Å². The highest BCUT2D eigenvalue weighted by atomic mass is 32.2. The van der Waals surface area contributed by atoms with Gasteiger partial charge in [0.05, 0.1) is 16.5 Å². The van der Waals surface area contributed by atoms with Gasteiger partial charge in [-0.05, 0) is 41.5 Å². The van der Waals surface area contributed by atoms with Gasteiger partial charge in [0.1, 0.15) is 19.0 Å². The fourth-order valence-electron chi connectivity index (χ4n) is 4.55. The van der Waals surface area contributed by atoms with E-state index in [4.69, 9.17) is 9.47 Å². The lowest BCUT2D eigenvalue weighted by molar-refractivity contribution is -0.384. The number of carbonyl (C=O) groups is 2. The number of aliphatic hydroxyl groups excluding tert-OH is 1. The summed E-state index contributed by atoms with van der Waals surface area (Å²) in [5.74, 6) is -0.725. The van der Waals surface area contributed by atoms with Gasteiger partial charge in [-0.15, -0.1) is 10.2 Å². The van der Waals surface area contributed by atoms with E-state index < -0.39 is 28.4 Å². The Morgan fingerprint density at radius 1 is 1.02 bits per heavy atom. The smallest absolute Gasteiger partial charge is 0.301 e. The van der Waals surface area contributed by atoms with Crippen molar-refractivity contribution in [3.8, 4) is 11.5 Å². The van der Waals surface area contributed by atoms with Gasteiger partial charge in [-0.3, -0.25) is 24.6 Å². The van der Waals surface area contributed by atoms with Crippen LogP contribution in [0.2, 0.25) is 0 Å². The van der Waals surface area contributed by atoms with Gasteiger partial charge in [0.15, 0.2) is 15.8 Å². The standard InChI is InChI=1S/C28H20N4O7S2/c33-24(18-8-11-20-21(14-18)39-13-12-38-20)22-23(17-6-9-19(10-7-17)32(36)37)31(26(35)25(22)34)27-29-30-28(41-27)40-15-16-4-2-1-3-5-16/h1-11,14,23,33H,12-13,15H2/b24-22+. The van der Waals surface area contributed by atoms with Gasteiger partial charge in [-0.25, -0.2) is 0 Å². The molecule has 3 heterocycles. The Morgan fingerprint density at radius 3 is 2.49 bits per heavy atom. The predicted octanol–water partition coefficient (Wildman–Crippen LogP) is 5.14. The SMILES string of the molecule is O=C1C(=O)N(c2nnc(SCc3ccccc3)s2)C(c2ccc([N+](=O)[O-])cc2)/C1=C(\O)c1ccc2c(c1)OCCO2. The van der Waals surface area contributed by atoms with Gasteiger partial charge >= 0.3 is 5.91 Å². The molecule has 11 nitrogen and oxygen atoms in total. The summed E-state index contributed by atoms with van der Waals surface area (Å²) in [6.45, 7) is 0.711. The first-order chi connectivity index (χ1) is 19.9. The van der Waals surface area contributed by atoms with Crippen LogP contribution >= 0.6 is 23.1 Å². The Bertz CT molecular complexity index is 1690. The molecule has 206 valence electrons. The second-order valence-electron chi connectivity index (χ2n) is 9.00. The second-order valence-corrected chi connectivity index (χ2v) is 11.2. The minimum atomic E-state index is -1.11. The number of amides is 1. The molecule has 1 fully saturated rings. The third kappa shape index (κ3) is 5.12. The zero-order chi connectivity index (χ0) is 28.5. The molecule has 13 heteroatoms. The molecular formula is C28H20N4O7S2. The number of hydrogen-bond acceptors (Lipinski definition) is 11. The van der Waals surface area contributed by atoms with Crippen molar-refractivity contribution in [2.24, 2.45) is 0 Å². The van der Waals surface area contributed by atoms with Gasteiger partial charge in [0, 0.05) is 23.4 Å². The van der Waals surface area contributed by atoms with Gasteiger partial charge in [0.25, 0.3) is 11.5 Å². The van der Waals surface area contributed by atoms with E-state index in [1.165, 1.54) is 47.0 Å². The number of carbonyl (C=O) groups excluding carboxylic acids is 2. The van der Waals surface area contributed by atoms with Crippen molar-refractivity contribution in [3.05, 3.63) is 105 Å². The molecule has 6 rings (SSSR count). The van der Waals surface area contributed by atoms with Crippen LogP contribution < -0.4 is 14.4 Å².